The van der Waals surface area contributed by atoms with Crippen LogP contribution in [0.4, 0.5) is 13.2 Å². The molecule has 1 heterocycles. The maximum absolute atomic E-state index is 12.9. The summed E-state index contributed by atoms with van der Waals surface area (Å²) in [5.74, 6) is 0.518. The number of hydrogen-bond donors (Lipinski definition) is 1. The van der Waals surface area contributed by atoms with Gasteiger partial charge in [-0.15, -0.1) is 0 Å². The first-order valence-electron chi connectivity index (χ1n) is 10.8. The number of likely N-dealkylation sites (N-methyl/N-ethyl adjacent to an activating group) is 1. The Kier molecular flexibility index (Phi) is 6.46. The van der Waals surface area contributed by atoms with Crippen molar-refractivity contribution in [3.8, 4) is 11.1 Å². The molecule has 2 aromatic rings. The number of alkyl halides is 3. The summed E-state index contributed by atoms with van der Waals surface area (Å²) in [5, 5.41) is 3.66. The smallest absolute Gasteiger partial charge is 0.313 e. The summed E-state index contributed by atoms with van der Waals surface area (Å²) in [7, 11) is 2.18. The molecule has 4 rings (SSSR count). The minimum absolute atomic E-state index is 0.518. The molecule has 1 aliphatic carbocycles. The van der Waals surface area contributed by atoms with Gasteiger partial charge in [0.15, 0.2) is 0 Å². The minimum atomic E-state index is -4.31. The number of nitrogens with zero attached hydrogens (tertiary/aromatic N) is 2. The van der Waals surface area contributed by atoms with Crippen LogP contribution in [0.1, 0.15) is 29.9 Å². The van der Waals surface area contributed by atoms with E-state index in [1.54, 1.807) is 6.07 Å². The zero-order chi connectivity index (χ0) is 21.1. The van der Waals surface area contributed by atoms with Crippen LogP contribution in [0.3, 0.4) is 0 Å². The van der Waals surface area contributed by atoms with Crippen molar-refractivity contribution in [1.82, 2.24) is 15.1 Å². The second kappa shape index (κ2) is 9.08. The normalized spacial score (nSPS) is 22.9. The molecule has 0 bridgehead atoms. The molecule has 6 heteroatoms. The molecule has 0 spiro atoms. The van der Waals surface area contributed by atoms with Gasteiger partial charge in [-0.1, -0.05) is 36.4 Å². The van der Waals surface area contributed by atoms with E-state index < -0.39 is 11.7 Å². The van der Waals surface area contributed by atoms with E-state index in [-0.39, 0.29) is 0 Å². The minimum Gasteiger partial charge on any atom is -0.313 e. The standard InChI is InChI=1S/C24H30F3N3/c1-29-12-14-30(15-13-29)11-3-10-28-23-17-22(23)19-8-6-18(7-9-19)20-4-2-5-21(16-20)24(25,26)27/h2,4-9,16,22-23,28H,3,10-15,17H2,1H3/t22?,23-/m0/s1. The van der Waals surface area contributed by atoms with Crippen molar-refractivity contribution in [1.29, 1.82) is 0 Å². The summed E-state index contributed by atoms with van der Waals surface area (Å²) in [4.78, 5) is 4.92. The highest BCUT2D eigenvalue weighted by Gasteiger charge is 2.37. The van der Waals surface area contributed by atoms with Gasteiger partial charge in [0.2, 0.25) is 0 Å². The van der Waals surface area contributed by atoms with Gasteiger partial charge in [0, 0.05) is 38.1 Å². The lowest BCUT2D eigenvalue weighted by Gasteiger charge is -2.32. The number of nitrogens with one attached hydrogen (secondary N) is 1. The fourth-order valence-electron chi connectivity index (χ4n) is 4.25. The topological polar surface area (TPSA) is 18.5 Å². The van der Waals surface area contributed by atoms with Gasteiger partial charge in [-0.2, -0.15) is 13.2 Å². The van der Waals surface area contributed by atoms with Crippen LogP contribution in [0.2, 0.25) is 0 Å². The molecule has 0 aromatic heterocycles. The first-order valence-corrected chi connectivity index (χ1v) is 10.8. The van der Waals surface area contributed by atoms with Crippen molar-refractivity contribution in [3.05, 3.63) is 59.7 Å². The summed E-state index contributed by atoms with van der Waals surface area (Å²) in [6, 6.07) is 14.1. The third kappa shape index (κ3) is 5.42. The summed E-state index contributed by atoms with van der Waals surface area (Å²) >= 11 is 0. The third-order valence-corrected chi connectivity index (χ3v) is 6.31. The summed E-state index contributed by atoms with van der Waals surface area (Å²) in [5.41, 5.74) is 2.09. The van der Waals surface area contributed by atoms with Crippen molar-refractivity contribution in [3.63, 3.8) is 0 Å². The van der Waals surface area contributed by atoms with Crippen LogP contribution in [-0.4, -0.2) is 62.2 Å². The van der Waals surface area contributed by atoms with Gasteiger partial charge in [0.05, 0.1) is 5.56 Å². The molecule has 2 fully saturated rings. The molecule has 162 valence electrons. The second-order valence-corrected chi connectivity index (χ2v) is 8.60. The Morgan fingerprint density at radius 3 is 2.40 bits per heavy atom. The molecule has 30 heavy (non-hydrogen) atoms. The van der Waals surface area contributed by atoms with Crippen LogP contribution in [0.5, 0.6) is 0 Å². The average Bonchev–Trinajstić information content (AvgIpc) is 3.52. The predicted molar refractivity (Wildman–Crippen MR) is 115 cm³/mol. The van der Waals surface area contributed by atoms with Crippen LogP contribution < -0.4 is 5.32 Å². The van der Waals surface area contributed by atoms with E-state index in [1.165, 1.54) is 37.2 Å². The Morgan fingerprint density at radius 2 is 1.70 bits per heavy atom. The molecule has 1 unspecified atom stereocenters. The van der Waals surface area contributed by atoms with Crippen LogP contribution >= 0.6 is 0 Å². The van der Waals surface area contributed by atoms with E-state index in [0.29, 0.717) is 17.5 Å². The molecule has 1 N–H and O–H groups in total. The molecule has 2 atom stereocenters. The lowest BCUT2D eigenvalue weighted by Crippen LogP contribution is -2.45. The van der Waals surface area contributed by atoms with Gasteiger partial charge < -0.3 is 15.1 Å². The van der Waals surface area contributed by atoms with Gasteiger partial charge in [0.25, 0.3) is 0 Å². The largest absolute Gasteiger partial charge is 0.416 e. The van der Waals surface area contributed by atoms with Gasteiger partial charge in [-0.3, -0.25) is 0 Å². The molecular formula is C24H30F3N3. The van der Waals surface area contributed by atoms with Crippen molar-refractivity contribution in [2.24, 2.45) is 0 Å². The Hall–Kier alpha value is -1.89. The first-order chi connectivity index (χ1) is 14.4. The molecule has 2 aliphatic rings. The monoisotopic (exact) mass is 417 g/mol. The van der Waals surface area contributed by atoms with Crippen molar-refractivity contribution in [2.45, 2.75) is 31.0 Å². The van der Waals surface area contributed by atoms with Crippen molar-refractivity contribution >= 4 is 0 Å². The quantitative estimate of drug-likeness (QED) is 0.672. The van der Waals surface area contributed by atoms with Crippen LogP contribution in [0.15, 0.2) is 48.5 Å². The summed E-state index contributed by atoms with van der Waals surface area (Å²) in [6.45, 7) is 6.85. The molecule has 0 radical (unpaired) electrons. The Balaban J connectivity index is 1.24. The number of hydrogen-bond acceptors (Lipinski definition) is 3. The maximum Gasteiger partial charge on any atom is 0.416 e. The maximum atomic E-state index is 12.9. The fourth-order valence-corrected chi connectivity index (χ4v) is 4.25. The van der Waals surface area contributed by atoms with Crippen LogP contribution in [0, 0.1) is 0 Å². The van der Waals surface area contributed by atoms with E-state index in [0.717, 1.165) is 44.2 Å². The highest BCUT2D eigenvalue weighted by Crippen LogP contribution is 2.41. The summed E-state index contributed by atoms with van der Waals surface area (Å²) in [6.07, 6.45) is -2.01. The van der Waals surface area contributed by atoms with E-state index in [9.17, 15) is 13.2 Å². The Morgan fingerprint density at radius 1 is 0.967 bits per heavy atom. The summed E-state index contributed by atoms with van der Waals surface area (Å²) < 4.78 is 38.8. The fraction of sp³-hybridized carbons (Fsp3) is 0.500. The number of rotatable bonds is 7. The van der Waals surface area contributed by atoms with Crippen LogP contribution in [0.25, 0.3) is 11.1 Å². The lowest BCUT2D eigenvalue weighted by molar-refractivity contribution is -0.137. The van der Waals surface area contributed by atoms with Gasteiger partial charge in [0.1, 0.15) is 0 Å². The third-order valence-electron chi connectivity index (χ3n) is 6.31. The van der Waals surface area contributed by atoms with E-state index in [4.69, 9.17) is 0 Å². The SMILES string of the molecule is CN1CCN(CCCN[C@H]2CC2c2ccc(-c3cccc(C(F)(F)F)c3)cc2)CC1. The molecule has 0 amide bonds. The second-order valence-electron chi connectivity index (χ2n) is 8.60. The number of halogens is 3. The zero-order valence-corrected chi connectivity index (χ0v) is 17.5. The predicted octanol–water partition coefficient (Wildman–Crippen LogP) is 4.46. The first kappa shape index (κ1) is 21.3. The molecular weight excluding hydrogens is 387 g/mol. The number of benzene rings is 2. The Labute approximate surface area is 176 Å². The van der Waals surface area contributed by atoms with Gasteiger partial charge >= 0.3 is 6.18 Å². The highest BCUT2D eigenvalue weighted by molar-refractivity contribution is 5.65. The Bertz CT molecular complexity index is 826. The van der Waals surface area contributed by atoms with Gasteiger partial charge in [-0.25, -0.2) is 0 Å². The highest BCUT2D eigenvalue weighted by atomic mass is 19.4. The molecule has 1 aliphatic heterocycles. The van der Waals surface area contributed by atoms with E-state index in [1.807, 2.05) is 12.1 Å². The molecule has 1 saturated carbocycles. The van der Waals surface area contributed by atoms with Gasteiger partial charge in [-0.05, 0) is 61.8 Å². The van der Waals surface area contributed by atoms with Crippen molar-refractivity contribution < 1.29 is 13.2 Å². The van der Waals surface area contributed by atoms with Crippen molar-refractivity contribution in [2.75, 3.05) is 46.3 Å². The van der Waals surface area contributed by atoms with E-state index >= 15 is 0 Å². The average molecular weight is 418 g/mol. The molecule has 1 saturated heterocycles. The van der Waals surface area contributed by atoms with E-state index in [2.05, 4.69) is 34.3 Å². The zero-order valence-electron chi connectivity index (χ0n) is 17.5. The number of piperazine rings is 1. The van der Waals surface area contributed by atoms with Crippen LogP contribution in [-0.2, 0) is 6.18 Å². The molecule has 3 nitrogen and oxygen atoms in total. The molecule has 2 aromatic carbocycles. The lowest BCUT2D eigenvalue weighted by atomic mass is 10.0.